The van der Waals surface area contributed by atoms with Gasteiger partial charge >= 0.3 is 0 Å². The first-order chi connectivity index (χ1) is 9.18. The summed E-state index contributed by atoms with van der Waals surface area (Å²) in [5.41, 5.74) is 1.76. The molecule has 0 N–H and O–H groups in total. The normalized spacial score (nSPS) is 39.6. The molecule has 4 aliphatic carbocycles. The molecule has 0 atom stereocenters. The first-order valence-corrected chi connectivity index (χ1v) is 7.90. The third-order valence-electron chi connectivity index (χ3n) is 5.77. The number of benzene rings is 1. The number of hydrogen-bond donors (Lipinski definition) is 0. The fourth-order valence-electron chi connectivity index (χ4n) is 5.54. The molecule has 1 aromatic rings. The van der Waals surface area contributed by atoms with Crippen molar-refractivity contribution in [1.29, 1.82) is 0 Å². The van der Waals surface area contributed by atoms with Crippen LogP contribution in [0, 0.1) is 17.8 Å². The molecule has 4 bridgehead atoms. The van der Waals surface area contributed by atoms with Gasteiger partial charge in [-0.1, -0.05) is 11.6 Å². The van der Waals surface area contributed by atoms with Crippen LogP contribution >= 0.6 is 11.6 Å². The summed E-state index contributed by atoms with van der Waals surface area (Å²) in [7, 11) is 1.78. The molecule has 0 unspecified atom stereocenters. The topological polar surface area (TPSA) is 9.23 Å². The molecular formula is C17H21ClO. The highest BCUT2D eigenvalue weighted by Crippen LogP contribution is 2.62. The Balaban J connectivity index is 1.81. The highest BCUT2D eigenvalue weighted by Gasteiger charge is 2.52. The van der Waals surface area contributed by atoms with E-state index in [2.05, 4.69) is 12.1 Å². The largest absolute Gasteiger partial charge is 0.496 e. The first kappa shape index (κ1) is 12.1. The lowest BCUT2D eigenvalue weighted by molar-refractivity contribution is -0.00615. The monoisotopic (exact) mass is 276 g/mol. The summed E-state index contributed by atoms with van der Waals surface area (Å²) in [5.74, 6) is 3.91. The second-order valence-electron chi connectivity index (χ2n) is 7.04. The highest BCUT2D eigenvalue weighted by molar-refractivity contribution is 6.30. The first-order valence-electron chi connectivity index (χ1n) is 7.52. The van der Waals surface area contributed by atoms with Crippen molar-refractivity contribution in [1.82, 2.24) is 0 Å². The zero-order valence-corrected chi connectivity index (χ0v) is 12.2. The van der Waals surface area contributed by atoms with Crippen LogP contribution in [-0.4, -0.2) is 7.11 Å². The van der Waals surface area contributed by atoms with E-state index in [1.54, 1.807) is 7.11 Å². The number of ether oxygens (including phenoxy) is 1. The molecule has 4 saturated carbocycles. The van der Waals surface area contributed by atoms with Crippen LogP contribution in [0.15, 0.2) is 18.2 Å². The maximum absolute atomic E-state index is 6.26. The van der Waals surface area contributed by atoms with Crippen LogP contribution in [0.4, 0.5) is 0 Å². The summed E-state index contributed by atoms with van der Waals surface area (Å²) in [4.78, 5) is 0. The lowest BCUT2D eigenvalue weighted by Crippen LogP contribution is -2.48. The van der Waals surface area contributed by atoms with Gasteiger partial charge in [0.05, 0.1) is 7.11 Å². The van der Waals surface area contributed by atoms with Crippen molar-refractivity contribution >= 4 is 11.6 Å². The lowest BCUT2D eigenvalue weighted by atomic mass is 9.48. The van der Waals surface area contributed by atoms with E-state index in [4.69, 9.17) is 16.3 Å². The van der Waals surface area contributed by atoms with Crippen molar-refractivity contribution in [2.24, 2.45) is 17.8 Å². The van der Waals surface area contributed by atoms with E-state index in [0.29, 0.717) is 5.41 Å². The summed E-state index contributed by atoms with van der Waals surface area (Å²) in [6.45, 7) is 0. The molecule has 0 spiro atoms. The summed E-state index contributed by atoms with van der Waals surface area (Å²) in [6, 6.07) is 6.17. The van der Waals surface area contributed by atoms with Gasteiger partial charge in [-0.05, 0) is 79.9 Å². The molecule has 19 heavy (non-hydrogen) atoms. The van der Waals surface area contributed by atoms with Crippen LogP contribution in [0.2, 0.25) is 5.02 Å². The zero-order valence-electron chi connectivity index (χ0n) is 11.5. The minimum absolute atomic E-state index is 0.366. The fourth-order valence-corrected chi connectivity index (χ4v) is 5.71. The average Bonchev–Trinajstić information content (AvgIpc) is 2.37. The average molecular weight is 277 g/mol. The van der Waals surface area contributed by atoms with Gasteiger partial charge in [-0.25, -0.2) is 0 Å². The van der Waals surface area contributed by atoms with Crippen LogP contribution in [0.3, 0.4) is 0 Å². The van der Waals surface area contributed by atoms with E-state index in [0.717, 1.165) is 28.5 Å². The molecule has 2 heteroatoms. The smallest absolute Gasteiger partial charge is 0.122 e. The van der Waals surface area contributed by atoms with Crippen molar-refractivity contribution < 1.29 is 4.74 Å². The second-order valence-corrected chi connectivity index (χ2v) is 7.48. The molecule has 0 radical (unpaired) electrons. The molecule has 0 heterocycles. The fraction of sp³-hybridized carbons (Fsp3) is 0.647. The molecule has 1 aromatic carbocycles. The summed E-state index contributed by atoms with van der Waals surface area (Å²) >= 11 is 6.26. The third-order valence-corrected chi connectivity index (χ3v) is 6.01. The number of methoxy groups -OCH3 is 1. The van der Waals surface area contributed by atoms with Gasteiger partial charge in [0.2, 0.25) is 0 Å². The van der Waals surface area contributed by atoms with Crippen LogP contribution < -0.4 is 4.74 Å². The Hall–Kier alpha value is -0.690. The summed E-state index contributed by atoms with van der Waals surface area (Å²) < 4.78 is 5.63. The summed E-state index contributed by atoms with van der Waals surface area (Å²) in [5, 5.41) is 0.853. The summed E-state index contributed by atoms with van der Waals surface area (Å²) in [6.07, 6.45) is 8.49. The van der Waals surface area contributed by atoms with Gasteiger partial charge in [0.1, 0.15) is 5.75 Å². The standard InChI is InChI=1S/C17H21ClO/c1-19-16-3-2-14(18)7-15(16)17-8-11-4-12(9-17)6-13(5-11)10-17/h2-3,7,11-13H,4-6,8-10H2,1H3. The Morgan fingerprint density at radius 3 is 2.16 bits per heavy atom. The lowest BCUT2D eigenvalue weighted by Gasteiger charge is -2.57. The van der Waals surface area contributed by atoms with Crippen molar-refractivity contribution in [3.8, 4) is 5.75 Å². The van der Waals surface area contributed by atoms with Crippen LogP contribution in [0.5, 0.6) is 5.75 Å². The molecule has 102 valence electrons. The van der Waals surface area contributed by atoms with Gasteiger partial charge in [-0.15, -0.1) is 0 Å². The van der Waals surface area contributed by atoms with E-state index >= 15 is 0 Å². The molecular weight excluding hydrogens is 256 g/mol. The Labute approximate surface area is 120 Å². The van der Waals surface area contributed by atoms with Crippen molar-refractivity contribution in [2.75, 3.05) is 7.11 Å². The highest BCUT2D eigenvalue weighted by atomic mass is 35.5. The number of hydrogen-bond acceptors (Lipinski definition) is 1. The van der Waals surface area contributed by atoms with E-state index in [1.807, 2.05) is 6.07 Å². The van der Waals surface area contributed by atoms with Crippen LogP contribution in [-0.2, 0) is 5.41 Å². The SMILES string of the molecule is COc1ccc(Cl)cc1C12CC3CC(CC(C3)C1)C2. The zero-order chi connectivity index (χ0) is 13.0. The Kier molecular flexibility index (Phi) is 2.64. The van der Waals surface area contributed by atoms with Crippen LogP contribution in [0.25, 0.3) is 0 Å². The van der Waals surface area contributed by atoms with E-state index in [9.17, 15) is 0 Å². The minimum Gasteiger partial charge on any atom is -0.496 e. The van der Waals surface area contributed by atoms with Gasteiger partial charge in [-0.3, -0.25) is 0 Å². The Morgan fingerprint density at radius 1 is 1.05 bits per heavy atom. The Bertz CT molecular complexity index is 473. The molecule has 5 rings (SSSR count). The molecule has 0 aromatic heterocycles. The van der Waals surface area contributed by atoms with Gasteiger partial charge in [0, 0.05) is 10.6 Å². The third kappa shape index (κ3) is 1.81. The molecule has 1 nitrogen and oxygen atoms in total. The molecule has 0 aliphatic heterocycles. The van der Waals surface area contributed by atoms with Crippen LogP contribution in [0.1, 0.15) is 44.1 Å². The predicted octanol–water partition coefficient (Wildman–Crippen LogP) is 4.82. The molecule has 0 amide bonds. The number of rotatable bonds is 2. The Morgan fingerprint density at radius 2 is 1.63 bits per heavy atom. The van der Waals surface area contributed by atoms with Crippen molar-refractivity contribution in [3.63, 3.8) is 0 Å². The maximum Gasteiger partial charge on any atom is 0.122 e. The van der Waals surface area contributed by atoms with E-state index in [-0.39, 0.29) is 0 Å². The van der Waals surface area contributed by atoms with Crippen molar-refractivity contribution in [3.05, 3.63) is 28.8 Å². The maximum atomic E-state index is 6.26. The molecule has 4 aliphatic rings. The number of halogens is 1. The van der Waals surface area contributed by atoms with Gasteiger partial charge < -0.3 is 4.74 Å². The molecule has 4 fully saturated rings. The van der Waals surface area contributed by atoms with Gasteiger partial charge in [-0.2, -0.15) is 0 Å². The van der Waals surface area contributed by atoms with Gasteiger partial charge in [0.25, 0.3) is 0 Å². The van der Waals surface area contributed by atoms with Gasteiger partial charge in [0.15, 0.2) is 0 Å². The molecule has 0 saturated heterocycles. The van der Waals surface area contributed by atoms with Crippen molar-refractivity contribution in [2.45, 2.75) is 43.9 Å². The quantitative estimate of drug-likeness (QED) is 0.753. The van der Waals surface area contributed by atoms with E-state index < -0.39 is 0 Å². The predicted molar refractivity (Wildman–Crippen MR) is 77.9 cm³/mol. The van der Waals surface area contributed by atoms with E-state index in [1.165, 1.54) is 44.1 Å². The second kappa shape index (κ2) is 4.15. The minimum atomic E-state index is 0.366.